The van der Waals surface area contributed by atoms with E-state index in [9.17, 15) is 17.6 Å². The third kappa shape index (κ3) is 3.85. The molecule has 0 atom stereocenters. The van der Waals surface area contributed by atoms with E-state index in [1.54, 1.807) is 12.1 Å². The van der Waals surface area contributed by atoms with E-state index in [1.807, 2.05) is 0 Å². The van der Waals surface area contributed by atoms with Crippen LogP contribution >= 0.6 is 0 Å². The van der Waals surface area contributed by atoms with Gasteiger partial charge in [-0.2, -0.15) is 0 Å². The molecule has 1 amide bonds. The minimum absolute atomic E-state index is 0.0687. The first-order valence-electron chi connectivity index (χ1n) is 6.56. The Morgan fingerprint density at radius 1 is 1.17 bits per heavy atom. The Kier molecular flexibility index (Phi) is 4.97. The second kappa shape index (κ2) is 6.76. The molecule has 0 saturated carbocycles. The van der Waals surface area contributed by atoms with Crippen molar-refractivity contribution in [3.05, 3.63) is 59.4 Å². The second-order valence-electron chi connectivity index (χ2n) is 4.70. The first kappa shape index (κ1) is 16.9. The van der Waals surface area contributed by atoms with Crippen LogP contribution in [0.4, 0.5) is 10.1 Å². The van der Waals surface area contributed by atoms with Gasteiger partial charge in [0.25, 0.3) is 15.9 Å². The van der Waals surface area contributed by atoms with E-state index in [4.69, 9.17) is 0 Å². The number of hydroxylamine groups is 1. The van der Waals surface area contributed by atoms with E-state index >= 15 is 0 Å². The van der Waals surface area contributed by atoms with Gasteiger partial charge in [0, 0.05) is 0 Å². The summed E-state index contributed by atoms with van der Waals surface area (Å²) in [4.78, 5) is 16.4. The SMILES string of the molecule is CONC(=O)c1ccccc1NS(=O)(=O)c1ccc(F)cc1C. The molecule has 0 spiro atoms. The molecule has 0 aliphatic rings. The average Bonchev–Trinajstić information content (AvgIpc) is 2.47. The van der Waals surface area contributed by atoms with Crippen molar-refractivity contribution in [3.8, 4) is 0 Å². The monoisotopic (exact) mass is 338 g/mol. The number of hydrogen-bond acceptors (Lipinski definition) is 4. The Hall–Kier alpha value is -2.45. The summed E-state index contributed by atoms with van der Waals surface area (Å²) in [6.07, 6.45) is 0. The van der Waals surface area contributed by atoms with Gasteiger partial charge >= 0.3 is 0 Å². The number of carbonyl (C=O) groups excluding carboxylic acids is 1. The van der Waals surface area contributed by atoms with Gasteiger partial charge in [0.15, 0.2) is 0 Å². The highest BCUT2D eigenvalue weighted by molar-refractivity contribution is 7.92. The molecule has 2 aromatic carbocycles. The molecule has 0 aliphatic heterocycles. The van der Waals surface area contributed by atoms with Gasteiger partial charge in [0.05, 0.1) is 23.3 Å². The molecule has 23 heavy (non-hydrogen) atoms. The molecule has 0 aliphatic carbocycles. The Bertz CT molecular complexity index is 837. The van der Waals surface area contributed by atoms with E-state index in [1.165, 1.54) is 32.2 Å². The minimum Gasteiger partial charge on any atom is -0.279 e. The first-order valence-corrected chi connectivity index (χ1v) is 8.05. The lowest BCUT2D eigenvalue weighted by molar-refractivity contribution is 0.0538. The molecule has 6 nitrogen and oxygen atoms in total. The van der Waals surface area contributed by atoms with Crippen LogP contribution in [0.3, 0.4) is 0 Å². The number of sulfonamides is 1. The summed E-state index contributed by atoms with van der Waals surface area (Å²) in [5.74, 6) is -1.12. The quantitative estimate of drug-likeness (QED) is 0.819. The van der Waals surface area contributed by atoms with Crippen molar-refractivity contribution in [1.29, 1.82) is 0 Å². The maximum Gasteiger partial charge on any atom is 0.276 e. The fourth-order valence-corrected chi connectivity index (χ4v) is 3.34. The molecule has 2 rings (SSSR count). The Morgan fingerprint density at radius 3 is 2.52 bits per heavy atom. The summed E-state index contributed by atoms with van der Waals surface area (Å²) in [5, 5.41) is 0. The predicted molar refractivity (Wildman–Crippen MR) is 82.9 cm³/mol. The molecule has 0 heterocycles. The smallest absolute Gasteiger partial charge is 0.276 e. The van der Waals surface area contributed by atoms with Gasteiger partial charge in [0.2, 0.25) is 0 Å². The normalized spacial score (nSPS) is 11.1. The standard InChI is InChI=1S/C15H15FN2O4S/c1-10-9-11(16)7-8-14(10)23(20,21)18-13-6-4-3-5-12(13)15(19)17-22-2/h3-9,18H,1-2H3,(H,17,19). The maximum absolute atomic E-state index is 13.1. The summed E-state index contributed by atoms with van der Waals surface area (Å²) in [5.41, 5.74) is 2.57. The molecule has 0 radical (unpaired) electrons. The predicted octanol–water partition coefficient (Wildman–Crippen LogP) is 2.23. The molecule has 0 aromatic heterocycles. The van der Waals surface area contributed by atoms with E-state index in [-0.39, 0.29) is 21.7 Å². The van der Waals surface area contributed by atoms with Crippen LogP contribution in [0.15, 0.2) is 47.4 Å². The summed E-state index contributed by atoms with van der Waals surface area (Å²) >= 11 is 0. The van der Waals surface area contributed by atoms with E-state index < -0.39 is 21.7 Å². The number of benzene rings is 2. The van der Waals surface area contributed by atoms with Crippen molar-refractivity contribution in [2.75, 3.05) is 11.8 Å². The summed E-state index contributed by atoms with van der Waals surface area (Å²) in [6.45, 7) is 1.49. The zero-order chi connectivity index (χ0) is 17.0. The topological polar surface area (TPSA) is 84.5 Å². The Balaban J connectivity index is 2.40. The summed E-state index contributed by atoms with van der Waals surface area (Å²) < 4.78 is 40.4. The zero-order valence-corrected chi connectivity index (χ0v) is 13.3. The van der Waals surface area contributed by atoms with E-state index in [0.717, 1.165) is 12.1 Å². The van der Waals surface area contributed by atoms with E-state index in [2.05, 4.69) is 15.0 Å². The van der Waals surface area contributed by atoms with Gasteiger partial charge in [0.1, 0.15) is 5.82 Å². The summed E-state index contributed by atoms with van der Waals surface area (Å²) in [7, 11) is -2.70. The van der Waals surface area contributed by atoms with Crippen LogP contribution < -0.4 is 10.2 Å². The minimum atomic E-state index is -3.97. The van der Waals surface area contributed by atoms with E-state index in [0.29, 0.717) is 0 Å². The number of para-hydroxylation sites is 1. The molecule has 2 N–H and O–H groups in total. The largest absolute Gasteiger partial charge is 0.279 e. The highest BCUT2D eigenvalue weighted by Crippen LogP contribution is 2.22. The molecule has 122 valence electrons. The molecule has 2 aromatic rings. The third-order valence-corrected chi connectivity index (χ3v) is 4.56. The second-order valence-corrected chi connectivity index (χ2v) is 6.35. The van der Waals surface area contributed by atoms with Gasteiger partial charge in [-0.3, -0.25) is 14.4 Å². The van der Waals surface area contributed by atoms with Crippen LogP contribution in [0.25, 0.3) is 0 Å². The number of nitrogens with one attached hydrogen (secondary N) is 2. The number of anilines is 1. The lowest BCUT2D eigenvalue weighted by Crippen LogP contribution is -2.24. The number of amides is 1. The lowest BCUT2D eigenvalue weighted by Gasteiger charge is -2.13. The van der Waals surface area contributed by atoms with Gasteiger partial charge in [-0.05, 0) is 42.8 Å². The molecular weight excluding hydrogens is 323 g/mol. The lowest BCUT2D eigenvalue weighted by atomic mass is 10.2. The number of hydrogen-bond donors (Lipinski definition) is 2. The number of halogens is 1. The molecule has 8 heteroatoms. The molecule has 0 bridgehead atoms. The summed E-state index contributed by atoms with van der Waals surface area (Å²) in [6, 6.07) is 9.42. The van der Waals surface area contributed by atoms with Crippen molar-refractivity contribution in [2.45, 2.75) is 11.8 Å². The molecule has 0 saturated heterocycles. The number of rotatable bonds is 5. The molecule has 0 unspecified atom stereocenters. The first-order chi connectivity index (χ1) is 10.8. The number of carbonyl (C=O) groups is 1. The van der Waals surface area contributed by atoms with Crippen molar-refractivity contribution in [1.82, 2.24) is 5.48 Å². The zero-order valence-electron chi connectivity index (χ0n) is 12.5. The van der Waals surface area contributed by atoms with Gasteiger partial charge in [-0.15, -0.1) is 0 Å². The van der Waals surface area contributed by atoms with Crippen molar-refractivity contribution in [2.24, 2.45) is 0 Å². The Morgan fingerprint density at radius 2 is 1.87 bits per heavy atom. The van der Waals surface area contributed by atoms with Crippen LogP contribution in [0.2, 0.25) is 0 Å². The van der Waals surface area contributed by atoms with Crippen molar-refractivity contribution < 1.29 is 22.4 Å². The van der Waals surface area contributed by atoms with Crippen molar-refractivity contribution >= 4 is 21.6 Å². The van der Waals surface area contributed by atoms with Crippen LogP contribution in [0.1, 0.15) is 15.9 Å². The van der Waals surface area contributed by atoms with Gasteiger partial charge < -0.3 is 0 Å². The average molecular weight is 338 g/mol. The van der Waals surface area contributed by atoms with Gasteiger partial charge in [-0.1, -0.05) is 12.1 Å². The highest BCUT2D eigenvalue weighted by Gasteiger charge is 2.20. The fourth-order valence-electron chi connectivity index (χ4n) is 2.03. The fraction of sp³-hybridized carbons (Fsp3) is 0.133. The van der Waals surface area contributed by atoms with Crippen LogP contribution in [-0.4, -0.2) is 21.4 Å². The van der Waals surface area contributed by atoms with Crippen molar-refractivity contribution in [3.63, 3.8) is 0 Å². The molecular formula is C15H15FN2O4S. The van der Waals surface area contributed by atoms with Gasteiger partial charge in [-0.25, -0.2) is 18.3 Å². The Labute approximate surface area is 133 Å². The van der Waals surface area contributed by atoms with Crippen LogP contribution in [-0.2, 0) is 14.9 Å². The van der Waals surface area contributed by atoms with Crippen LogP contribution in [0.5, 0.6) is 0 Å². The maximum atomic E-state index is 13.1. The number of aryl methyl sites for hydroxylation is 1. The van der Waals surface area contributed by atoms with Crippen LogP contribution in [0, 0.1) is 12.7 Å². The highest BCUT2D eigenvalue weighted by atomic mass is 32.2. The third-order valence-electron chi connectivity index (χ3n) is 3.04. The molecule has 0 fully saturated rings.